The summed E-state index contributed by atoms with van der Waals surface area (Å²) in [6, 6.07) is 24.3. The van der Waals surface area contributed by atoms with E-state index in [2.05, 4.69) is 9.97 Å². The number of hydrogen-bond acceptors (Lipinski definition) is 7. The lowest BCUT2D eigenvalue weighted by molar-refractivity contribution is -0.160. The van der Waals surface area contributed by atoms with Crippen LogP contribution in [-0.2, 0) is 62.4 Å². The van der Waals surface area contributed by atoms with E-state index in [-0.39, 0.29) is 44.2 Å². The predicted molar refractivity (Wildman–Crippen MR) is 166 cm³/mol. The molecule has 0 saturated carbocycles. The lowest BCUT2D eigenvalue weighted by atomic mass is 10.2. The number of carbonyl (C=O) groups excluding carboxylic acids is 4. The van der Waals surface area contributed by atoms with Crippen LogP contribution in [0.25, 0.3) is 0 Å². The second-order valence-electron chi connectivity index (χ2n) is 10.4. The molecular weight excluding hydrogens is 672 g/mol. The SMILES string of the molecule is CCOC(=O)C(=O)N(Cc1ccccc1)Cc1cccc(C(F)(F)F)n1.NC(=O)C(=O)N(Cc1ccccc1)Cc1cccc(C(F)(F)F)n1. The Bertz CT molecular complexity index is 1750. The van der Waals surface area contributed by atoms with Gasteiger partial charge in [0.15, 0.2) is 0 Å². The smallest absolute Gasteiger partial charge is 0.433 e. The number of benzene rings is 2. The number of rotatable bonds is 9. The number of ether oxygens (including phenoxy) is 1. The van der Waals surface area contributed by atoms with E-state index < -0.39 is 47.4 Å². The molecule has 4 aromatic rings. The van der Waals surface area contributed by atoms with Crippen LogP contribution in [0.5, 0.6) is 0 Å². The molecule has 0 aliphatic heterocycles. The number of nitrogens with zero attached hydrogens (tertiary/aromatic N) is 4. The van der Waals surface area contributed by atoms with Gasteiger partial charge in [-0.05, 0) is 42.3 Å². The molecule has 16 heteroatoms. The molecule has 0 aliphatic carbocycles. The zero-order valence-corrected chi connectivity index (χ0v) is 26.4. The fourth-order valence-electron chi connectivity index (χ4n) is 4.33. The van der Waals surface area contributed by atoms with Gasteiger partial charge in [-0.1, -0.05) is 72.8 Å². The van der Waals surface area contributed by atoms with Gasteiger partial charge in [0.1, 0.15) is 11.4 Å². The van der Waals surface area contributed by atoms with Crippen LogP contribution in [0.1, 0.15) is 40.8 Å². The third kappa shape index (κ3) is 12.0. The van der Waals surface area contributed by atoms with Gasteiger partial charge in [-0.3, -0.25) is 14.4 Å². The Hall–Kier alpha value is -5.80. The van der Waals surface area contributed by atoms with Gasteiger partial charge in [0.2, 0.25) is 0 Å². The molecule has 2 aromatic carbocycles. The minimum atomic E-state index is -4.59. The molecular formula is C34H31F6N5O5. The highest BCUT2D eigenvalue weighted by molar-refractivity contribution is 6.34. The van der Waals surface area contributed by atoms with Gasteiger partial charge in [-0.2, -0.15) is 26.3 Å². The van der Waals surface area contributed by atoms with Crippen molar-refractivity contribution in [2.75, 3.05) is 6.61 Å². The maximum absolute atomic E-state index is 12.8. The minimum Gasteiger partial charge on any atom is -0.459 e. The van der Waals surface area contributed by atoms with Crippen molar-refractivity contribution in [1.82, 2.24) is 19.8 Å². The van der Waals surface area contributed by atoms with Crippen molar-refractivity contribution in [3.05, 3.63) is 131 Å². The van der Waals surface area contributed by atoms with Crippen molar-refractivity contribution in [3.63, 3.8) is 0 Å². The normalized spacial score (nSPS) is 11.1. The summed E-state index contributed by atoms with van der Waals surface area (Å²) in [5, 5.41) is 0. The average molecular weight is 704 g/mol. The molecule has 0 unspecified atom stereocenters. The van der Waals surface area contributed by atoms with Crippen molar-refractivity contribution in [3.8, 4) is 0 Å². The van der Waals surface area contributed by atoms with Crippen molar-refractivity contribution in [2.24, 2.45) is 5.73 Å². The minimum absolute atomic E-state index is 0.00959. The largest absolute Gasteiger partial charge is 0.459 e. The van der Waals surface area contributed by atoms with E-state index in [0.29, 0.717) is 5.56 Å². The first-order valence-electron chi connectivity index (χ1n) is 14.8. The molecule has 0 atom stereocenters. The zero-order valence-electron chi connectivity index (χ0n) is 26.4. The van der Waals surface area contributed by atoms with Crippen LogP contribution in [-0.4, -0.2) is 50.1 Å². The van der Waals surface area contributed by atoms with E-state index in [9.17, 15) is 45.5 Å². The van der Waals surface area contributed by atoms with Gasteiger partial charge in [0, 0.05) is 13.1 Å². The molecule has 0 bridgehead atoms. The first-order valence-corrected chi connectivity index (χ1v) is 14.8. The molecule has 0 aliphatic rings. The molecule has 2 heterocycles. The summed E-state index contributed by atoms with van der Waals surface area (Å²) in [4.78, 5) is 56.4. The Balaban J connectivity index is 0.000000271. The number of amides is 3. The Morgan fingerprint density at radius 3 is 1.36 bits per heavy atom. The standard InChI is InChI=1S/C18H17F3N2O3.C16H14F3N3O2/c1-2-26-17(25)16(24)23(11-13-7-4-3-5-8-13)12-14-9-6-10-15(22-14)18(19,20)21;17-16(18,19)13-8-4-7-12(21-13)10-22(15(24)14(20)23)9-11-5-2-1-3-6-11/h3-10H,2,11-12H2,1H3;1-8H,9-10H2,(H2,20,23). The second kappa shape index (κ2) is 17.6. The van der Waals surface area contributed by atoms with Crippen LogP contribution in [0.15, 0.2) is 97.1 Å². The Labute approximate surface area is 282 Å². The summed E-state index contributed by atoms with van der Waals surface area (Å²) in [6.07, 6.45) is -9.18. The highest BCUT2D eigenvalue weighted by atomic mass is 19.4. The van der Waals surface area contributed by atoms with Crippen LogP contribution in [0.3, 0.4) is 0 Å². The fraction of sp³-hybridized carbons (Fsp3) is 0.235. The quantitative estimate of drug-likeness (QED) is 0.142. The summed E-state index contributed by atoms with van der Waals surface area (Å²) in [7, 11) is 0. The monoisotopic (exact) mass is 703 g/mol. The summed E-state index contributed by atoms with van der Waals surface area (Å²) < 4.78 is 81.3. The molecule has 0 fully saturated rings. The highest BCUT2D eigenvalue weighted by Gasteiger charge is 2.34. The van der Waals surface area contributed by atoms with Crippen LogP contribution < -0.4 is 5.73 Å². The van der Waals surface area contributed by atoms with Crippen molar-refractivity contribution in [2.45, 2.75) is 45.5 Å². The van der Waals surface area contributed by atoms with Gasteiger partial charge in [0.25, 0.3) is 0 Å². The summed E-state index contributed by atoms with van der Waals surface area (Å²) in [5.41, 5.74) is 4.35. The number of aromatic nitrogens is 2. The summed E-state index contributed by atoms with van der Waals surface area (Å²) >= 11 is 0. The first kappa shape index (κ1) is 38.6. The van der Waals surface area contributed by atoms with Crippen LogP contribution in [0.2, 0.25) is 0 Å². The number of halogens is 6. The maximum Gasteiger partial charge on any atom is 0.433 e. The number of carbonyl (C=O) groups is 4. The number of primary amides is 1. The maximum atomic E-state index is 12.8. The van der Waals surface area contributed by atoms with E-state index in [0.717, 1.165) is 27.5 Å². The Morgan fingerprint density at radius 1 is 0.600 bits per heavy atom. The third-order valence-corrected chi connectivity index (χ3v) is 6.57. The van der Waals surface area contributed by atoms with Crippen molar-refractivity contribution < 1.29 is 50.3 Å². The fourth-order valence-corrected chi connectivity index (χ4v) is 4.33. The van der Waals surface area contributed by atoms with Gasteiger partial charge in [-0.25, -0.2) is 14.8 Å². The highest BCUT2D eigenvalue weighted by Crippen LogP contribution is 2.28. The Morgan fingerprint density at radius 2 is 1.00 bits per heavy atom. The molecule has 10 nitrogen and oxygen atoms in total. The molecule has 4 rings (SSSR count). The van der Waals surface area contributed by atoms with Gasteiger partial charge in [0.05, 0.1) is 31.1 Å². The number of esters is 1. The molecule has 0 radical (unpaired) electrons. The van der Waals surface area contributed by atoms with Gasteiger partial charge >= 0.3 is 36.0 Å². The lowest BCUT2D eigenvalue weighted by Crippen LogP contribution is -2.39. The molecule has 2 aromatic heterocycles. The van der Waals surface area contributed by atoms with E-state index in [1.807, 2.05) is 0 Å². The predicted octanol–water partition coefficient (Wildman–Crippen LogP) is 5.31. The van der Waals surface area contributed by atoms with E-state index in [4.69, 9.17) is 10.5 Å². The number of nitrogens with two attached hydrogens (primary N) is 1. The molecule has 0 saturated heterocycles. The molecule has 3 amide bonds. The summed E-state index contributed by atoms with van der Waals surface area (Å²) in [6.45, 7) is 1.13. The second-order valence-corrected chi connectivity index (χ2v) is 10.4. The van der Waals surface area contributed by atoms with Crippen LogP contribution >= 0.6 is 0 Å². The molecule has 264 valence electrons. The van der Waals surface area contributed by atoms with Crippen LogP contribution in [0.4, 0.5) is 26.3 Å². The molecule has 2 N–H and O–H groups in total. The van der Waals surface area contributed by atoms with E-state index >= 15 is 0 Å². The molecule has 0 spiro atoms. The lowest BCUT2D eigenvalue weighted by Gasteiger charge is -2.22. The zero-order chi connectivity index (χ0) is 36.9. The topological polar surface area (TPSA) is 136 Å². The van der Waals surface area contributed by atoms with E-state index in [1.54, 1.807) is 67.6 Å². The van der Waals surface area contributed by atoms with Crippen molar-refractivity contribution >= 4 is 23.7 Å². The Kier molecular flexibility index (Phi) is 13.6. The number of alkyl halides is 6. The first-order chi connectivity index (χ1) is 23.6. The number of pyridine rings is 2. The average Bonchev–Trinajstić information content (AvgIpc) is 3.08. The van der Waals surface area contributed by atoms with Gasteiger partial charge in [-0.15, -0.1) is 0 Å². The van der Waals surface area contributed by atoms with Crippen molar-refractivity contribution in [1.29, 1.82) is 0 Å². The number of hydrogen-bond donors (Lipinski definition) is 1. The third-order valence-electron chi connectivity index (χ3n) is 6.57. The summed E-state index contributed by atoms with van der Waals surface area (Å²) in [5.74, 6) is -4.17. The van der Waals surface area contributed by atoms with E-state index in [1.165, 1.54) is 24.3 Å². The van der Waals surface area contributed by atoms with Crippen LogP contribution in [0, 0.1) is 0 Å². The molecule has 50 heavy (non-hydrogen) atoms. The van der Waals surface area contributed by atoms with Gasteiger partial charge < -0.3 is 20.3 Å².